The van der Waals surface area contributed by atoms with Crippen LogP contribution in [-0.4, -0.2) is 29.2 Å². The molecule has 1 heterocycles. The molecule has 98 valence electrons. The van der Waals surface area contributed by atoms with Gasteiger partial charge in [0.2, 0.25) is 0 Å². The molecule has 0 aromatic heterocycles. The zero-order chi connectivity index (χ0) is 13.0. The first-order chi connectivity index (χ1) is 8.66. The van der Waals surface area contributed by atoms with Gasteiger partial charge in [0.25, 0.3) is 0 Å². The number of carboxylic acids is 1. The number of rotatable bonds is 5. The molecule has 2 unspecified atom stereocenters. The molecule has 0 radical (unpaired) electrons. The van der Waals surface area contributed by atoms with Crippen LogP contribution >= 0.6 is 11.8 Å². The zero-order valence-electron chi connectivity index (χ0n) is 10.5. The molecule has 1 aliphatic rings. The third-order valence-electron chi connectivity index (χ3n) is 3.30. The van der Waals surface area contributed by atoms with Crippen molar-refractivity contribution in [1.29, 1.82) is 0 Å². The molecule has 0 amide bonds. The molecule has 0 saturated carbocycles. The van der Waals surface area contributed by atoms with Gasteiger partial charge in [-0.25, -0.2) is 0 Å². The summed E-state index contributed by atoms with van der Waals surface area (Å²) in [5, 5.41) is 9.27. The van der Waals surface area contributed by atoms with Crippen LogP contribution in [-0.2, 0) is 4.79 Å². The highest BCUT2D eigenvalue weighted by molar-refractivity contribution is 7.99. The molecule has 1 aliphatic heterocycles. The van der Waals surface area contributed by atoms with Gasteiger partial charge in [0, 0.05) is 0 Å². The standard InChI is InChI=1S/C14H18O3S/c1-10-2-4-12(5-3-10)17-8-13(14(15)16)11-6-7-18-9-11/h2-5,11,13H,6-9H2,1H3,(H,15,16). The maximum absolute atomic E-state index is 11.3. The maximum Gasteiger partial charge on any atom is 0.310 e. The average molecular weight is 266 g/mol. The fourth-order valence-electron chi connectivity index (χ4n) is 2.10. The Balaban J connectivity index is 1.93. The van der Waals surface area contributed by atoms with E-state index < -0.39 is 5.97 Å². The number of aryl methyl sites for hydroxylation is 1. The first kappa shape index (κ1) is 13.3. The van der Waals surface area contributed by atoms with Crippen molar-refractivity contribution in [2.75, 3.05) is 18.1 Å². The molecule has 1 aromatic carbocycles. The molecule has 1 fully saturated rings. The minimum Gasteiger partial charge on any atom is -0.493 e. The Morgan fingerprint density at radius 3 is 2.78 bits per heavy atom. The van der Waals surface area contributed by atoms with E-state index in [1.807, 2.05) is 43.0 Å². The SMILES string of the molecule is Cc1ccc(OCC(C(=O)O)C2CCSC2)cc1. The summed E-state index contributed by atoms with van der Waals surface area (Å²) in [5.74, 6) is 1.87. The van der Waals surface area contributed by atoms with Crippen LogP contribution < -0.4 is 4.74 Å². The Morgan fingerprint density at radius 2 is 2.22 bits per heavy atom. The normalized spacial score (nSPS) is 20.6. The van der Waals surface area contributed by atoms with E-state index >= 15 is 0 Å². The number of thioether (sulfide) groups is 1. The predicted octanol–water partition coefficient (Wildman–Crippen LogP) is 2.83. The molecule has 3 nitrogen and oxygen atoms in total. The second-order valence-electron chi connectivity index (χ2n) is 4.69. The van der Waals surface area contributed by atoms with Gasteiger partial charge in [-0.15, -0.1) is 0 Å². The lowest BCUT2D eigenvalue weighted by Crippen LogP contribution is -2.29. The molecule has 2 atom stereocenters. The van der Waals surface area contributed by atoms with E-state index in [1.54, 1.807) is 0 Å². The van der Waals surface area contributed by atoms with E-state index in [2.05, 4.69) is 0 Å². The van der Waals surface area contributed by atoms with E-state index in [9.17, 15) is 9.90 Å². The van der Waals surface area contributed by atoms with Crippen molar-refractivity contribution >= 4 is 17.7 Å². The summed E-state index contributed by atoms with van der Waals surface area (Å²) in [6, 6.07) is 7.71. The van der Waals surface area contributed by atoms with Crippen molar-refractivity contribution < 1.29 is 14.6 Å². The lowest BCUT2D eigenvalue weighted by molar-refractivity contribution is -0.144. The van der Waals surface area contributed by atoms with Gasteiger partial charge in [0.05, 0.1) is 5.92 Å². The highest BCUT2D eigenvalue weighted by Crippen LogP contribution is 2.30. The van der Waals surface area contributed by atoms with Gasteiger partial charge in [0.15, 0.2) is 0 Å². The number of carbonyl (C=O) groups is 1. The Kier molecular flexibility index (Phi) is 4.53. The number of hydrogen-bond acceptors (Lipinski definition) is 3. The monoisotopic (exact) mass is 266 g/mol. The lowest BCUT2D eigenvalue weighted by Gasteiger charge is -2.19. The van der Waals surface area contributed by atoms with Crippen LogP contribution in [0.5, 0.6) is 5.75 Å². The topological polar surface area (TPSA) is 46.5 Å². The van der Waals surface area contributed by atoms with Gasteiger partial charge in [-0.05, 0) is 42.9 Å². The molecule has 0 aliphatic carbocycles. The Labute approximate surface area is 112 Å². The van der Waals surface area contributed by atoms with Gasteiger partial charge >= 0.3 is 5.97 Å². The molecule has 18 heavy (non-hydrogen) atoms. The van der Waals surface area contributed by atoms with Crippen LogP contribution in [0.1, 0.15) is 12.0 Å². The summed E-state index contributed by atoms with van der Waals surface area (Å²) >= 11 is 1.83. The van der Waals surface area contributed by atoms with Crippen molar-refractivity contribution in [3.8, 4) is 5.75 Å². The molecule has 4 heteroatoms. The Morgan fingerprint density at radius 1 is 1.50 bits per heavy atom. The quantitative estimate of drug-likeness (QED) is 0.890. The van der Waals surface area contributed by atoms with Crippen molar-refractivity contribution in [2.24, 2.45) is 11.8 Å². The van der Waals surface area contributed by atoms with Gasteiger partial charge in [0.1, 0.15) is 12.4 Å². The number of benzene rings is 1. The summed E-state index contributed by atoms with van der Waals surface area (Å²) in [6.07, 6.45) is 0.985. The highest BCUT2D eigenvalue weighted by Gasteiger charge is 2.31. The number of ether oxygens (including phenoxy) is 1. The minimum absolute atomic E-state index is 0.248. The van der Waals surface area contributed by atoms with Gasteiger partial charge in [-0.2, -0.15) is 11.8 Å². The molecule has 1 N–H and O–H groups in total. The largest absolute Gasteiger partial charge is 0.493 e. The number of hydrogen-bond donors (Lipinski definition) is 1. The van der Waals surface area contributed by atoms with Crippen molar-refractivity contribution in [2.45, 2.75) is 13.3 Å². The summed E-state index contributed by atoms with van der Waals surface area (Å²) in [5.41, 5.74) is 1.17. The predicted molar refractivity (Wildman–Crippen MR) is 73.2 cm³/mol. The van der Waals surface area contributed by atoms with Crippen molar-refractivity contribution in [1.82, 2.24) is 0 Å². The van der Waals surface area contributed by atoms with E-state index in [0.29, 0.717) is 0 Å². The minimum atomic E-state index is -0.741. The highest BCUT2D eigenvalue weighted by atomic mass is 32.2. The molecule has 2 rings (SSSR count). The van der Waals surface area contributed by atoms with Crippen LogP contribution in [0.25, 0.3) is 0 Å². The number of aliphatic carboxylic acids is 1. The second-order valence-corrected chi connectivity index (χ2v) is 5.84. The summed E-state index contributed by atoms with van der Waals surface area (Å²) < 4.78 is 5.61. The van der Waals surface area contributed by atoms with Gasteiger partial charge in [-0.3, -0.25) is 4.79 Å². The third kappa shape index (κ3) is 3.42. The molecule has 1 aromatic rings. The summed E-state index contributed by atoms with van der Waals surface area (Å²) in [6.45, 7) is 2.28. The average Bonchev–Trinajstić information content (AvgIpc) is 2.85. The van der Waals surface area contributed by atoms with Crippen LogP contribution in [0.2, 0.25) is 0 Å². The van der Waals surface area contributed by atoms with Gasteiger partial charge < -0.3 is 9.84 Å². The molecule has 1 saturated heterocycles. The van der Waals surface area contributed by atoms with Crippen molar-refractivity contribution in [3.05, 3.63) is 29.8 Å². The van der Waals surface area contributed by atoms with Crippen LogP contribution in [0.3, 0.4) is 0 Å². The molecule has 0 spiro atoms. The van der Waals surface area contributed by atoms with E-state index in [1.165, 1.54) is 5.56 Å². The Hall–Kier alpha value is -1.16. The van der Waals surface area contributed by atoms with E-state index in [-0.39, 0.29) is 18.4 Å². The second kappa shape index (κ2) is 6.14. The van der Waals surface area contributed by atoms with E-state index in [0.717, 1.165) is 23.7 Å². The zero-order valence-corrected chi connectivity index (χ0v) is 11.3. The lowest BCUT2D eigenvalue weighted by atomic mass is 9.93. The van der Waals surface area contributed by atoms with Crippen LogP contribution in [0.4, 0.5) is 0 Å². The summed E-state index contributed by atoms with van der Waals surface area (Å²) in [7, 11) is 0. The maximum atomic E-state index is 11.3. The fourth-order valence-corrected chi connectivity index (χ4v) is 3.44. The van der Waals surface area contributed by atoms with E-state index in [4.69, 9.17) is 4.74 Å². The Bertz CT molecular complexity index is 396. The smallest absolute Gasteiger partial charge is 0.310 e. The number of carboxylic acid groups (broad SMARTS) is 1. The third-order valence-corrected chi connectivity index (χ3v) is 4.49. The van der Waals surface area contributed by atoms with Crippen molar-refractivity contribution in [3.63, 3.8) is 0 Å². The molecular weight excluding hydrogens is 248 g/mol. The molecule has 0 bridgehead atoms. The molecular formula is C14H18O3S. The first-order valence-electron chi connectivity index (χ1n) is 6.17. The van der Waals surface area contributed by atoms with Gasteiger partial charge in [-0.1, -0.05) is 17.7 Å². The first-order valence-corrected chi connectivity index (χ1v) is 7.32. The fraction of sp³-hybridized carbons (Fsp3) is 0.500. The summed E-state index contributed by atoms with van der Waals surface area (Å²) in [4.78, 5) is 11.3. The van der Waals surface area contributed by atoms with Crippen LogP contribution in [0.15, 0.2) is 24.3 Å². The van der Waals surface area contributed by atoms with Crippen LogP contribution in [0, 0.1) is 18.8 Å².